The lowest BCUT2D eigenvalue weighted by molar-refractivity contribution is -0.119. The molecule has 0 bridgehead atoms. The smallest absolute Gasteiger partial charge is 0.294 e. The van der Waals surface area contributed by atoms with Crippen LogP contribution in [0.4, 0.5) is 5.69 Å². The number of hydrogen-bond donors (Lipinski definition) is 1. The Morgan fingerprint density at radius 2 is 1.60 bits per heavy atom. The average Bonchev–Trinajstić information content (AvgIpc) is 3.37. The van der Waals surface area contributed by atoms with Gasteiger partial charge in [-0.1, -0.05) is 66.0 Å². The Bertz CT molecular complexity index is 1990. The molecule has 2 aliphatic heterocycles. The Morgan fingerprint density at radius 1 is 0.912 bits per heavy atom. The third-order valence-corrected chi connectivity index (χ3v) is 11.9. The van der Waals surface area contributed by atoms with Crippen molar-refractivity contribution in [2.45, 2.75) is 121 Å². The number of nitrogens with zero attached hydrogens (tertiary/aromatic N) is 2. The van der Waals surface area contributed by atoms with Crippen LogP contribution in [-0.4, -0.2) is 71.2 Å². The zero-order chi connectivity index (χ0) is 41.6. The Hall–Kier alpha value is -3.28. The van der Waals surface area contributed by atoms with Crippen molar-refractivity contribution in [2.24, 2.45) is 0 Å². The number of carbonyl (C=O) groups excluding carboxylic acids is 1. The summed E-state index contributed by atoms with van der Waals surface area (Å²) in [6.45, 7) is 16.7. The third-order valence-electron chi connectivity index (χ3n) is 10.8. The first-order valence-corrected chi connectivity index (χ1v) is 22.7. The molecule has 0 unspecified atom stereocenters. The van der Waals surface area contributed by atoms with E-state index >= 15 is 0 Å². The SMILES string of the molecule is CC[N+](C)=c1ccc2c(/C=C/C=C3/N(CCCCCC(=O)CCCOCCOCCCCCCCl)c4ccc(S(=O)(=O)O)cc4C3(C)C)cc(C(C)(C)C)oc-2c1. The van der Waals surface area contributed by atoms with E-state index in [0.717, 1.165) is 109 Å². The molecule has 2 heterocycles. The lowest BCUT2D eigenvalue weighted by atomic mass is 9.83. The highest BCUT2D eigenvalue weighted by atomic mass is 35.5. The van der Waals surface area contributed by atoms with Crippen molar-refractivity contribution < 1.29 is 31.7 Å². The molecule has 0 saturated heterocycles. The maximum atomic E-state index is 12.6. The van der Waals surface area contributed by atoms with Gasteiger partial charge in [0.2, 0.25) is 5.36 Å². The van der Waals surface area contributed by atoms with Gasteiger partial charge in [0, 0.05) is 72.3 Å². The van der Waals surface area contributed by atoms with Crippen molar-refractivity contribution in [3.8, 4) is 11.3 Å². The van der Waals surface area contributed by atoms with E-state index in [1.807, 2.05) is 0 Å². The molecule has 1 N–H and O–H groups in total. The van der Waals surface area contributed by atoms with Crippen LogP contribution in [0.15, 0.2) is 69.6 Å². The number of anilines is 1. The number of Topliss-reactive ketones (excluding diaryl/α,β-unsaturated/α-hetero) is 1. The normalized spacial score (nSPS) is 15.6. The van der Waals surface area contributed by atoms with Gasteiger partial charge >= 0.3 is 0 Å². The van der Waals surface area contributed by atoms with Crippen LogP contribution in [0.1, 0.15) is 123 Å². The highest BCUT2D eigenvalue weighted by Crippen LogP contribution is 2.48. The van der Waals surface area contributed by atoms with Gasteiger partial charge in [-0.05, 0) is 86.6 Å². The molecular weight excluding hydrogens is 760 g/mol. The van der Waals surface area contributed by atoms with Gasteiger partial charge in [-0.15, -0.1) is 11.6 Å². The number of fused-ring (bicyclic) bond motifs is 2. The maximum Gasteiger partial charge on any atom is 0.294 e. The fourth-order valence-electron chi connectivity index (χ4n) is 7.17. The van der Waals surface area contributed by atoms with Crippen molar-refractivity contribution in [1.29, 1.82) is 0 Å². The minimum absolute atomic E-state index is 0.116. The summed E-state index contributed by atoms with van der Waals surface area (Å²) in [6, 6.07) is 13.3. The molecule has 4 rings (SSSR count). The number of benzene rings is 2. The number of carbonyl (C=O) groups is 1. The lowest BCUT2D eigenvalue weighted by Gasteiger charge is -2.27. The fourth-order valence-corrected chi connectivity index (χ4v) is 7.86. The third kappa shape index (κ3) is 13.4. The molecule has 1 aromatic carbocycles. The number of rotatable bonds is 23. The monoisotopic (exact) mass is 825 g/mol. The zero-order valence-electron chi connectivity index (χ0n) is 35.4. The summed E-state index contributed by atoms with van der Waals surface area (Å²) in [5.41, 5.74) is 4.10. The Kier molecular flexibility index (Phi) is 17.6. The van der Waals surface area contributed by atoms with Gasteiger partial charge in [-0.25, -0.2) is 4.58 Å². The topological polar surface area (TPSA) is 109 Å². The summed E-state index contributed by atoms with van der Waals surface area (Å²) < 4.78 is 54.1. The molecule has 314 valence electrons. The van der Waals surface area contributed by atoms with Gasteiger partial charge in [0.25, 0.3) is 10.1 Å². The second kappa shape index (κ2) is 21.6. The standard InChI is InChI=1S/C46H65ClN2O7S/c1-8-48(7)36-22-24-39-35(32-44(45(2,3)4)56-42(39)33-36)18-16-21-43-46(5,6)40-34-38(57(51,52)53)23-25-41(40)49(43)27-14-11-12-19-37(50)20-17-29-55-31-30-54-28-15-10-9-13-26-47/h16,18,21-25,32-34H,8-15,17,19-20,26-31H2,1-7H3/p+1. The van der Waals surface area contributed by atoms with E-state index < -0.39 is 15.5 Å². The molecule has 1 aliphatic carbocycles. The molecule has 0 aromatic heterocycles. The summed E-state index contributed by atoms with van der Waals surface area (Å²) in [5.74, 6) is 2.69. The van der Waals surface area contributed by atoms with Gasteiger partial charge < -0.3 is 18.8 Å². The van der Waals surface area contributed by atoms with Crippen LogP contribution in [0.5, 0.6) is 0 Å². The summed E-state index contributed by atoms with van der Waals surface area (Å²) in [6.07, 6.45) is 15.0. The molecule has 0 atom stereocenters. The van der Waals surface area contributed by atoms with E-state index in [1.165, 1.54) is 6.07 Å². The predicted octanol–water partition coefficient (Wildman–Crippen LogP) is 9.79. The van der Waals surface area contributed by atoms with E-state index in [1.54, 1.807) is 12.1 Å². The molecule has 9 nitrogen and oxygen atoms in total. The Balaban J connectivity index is 1.41. The van der Waals surface area contributed by atoms with Crippen LogP contribution < -0.4 is 14.8 Å². The molecule has 0 radical (unpaired) electrons. The summed E-state index contributed by atoms with van der Waals surface area (Å²) in [5, 5.41) is 1.09. The number of ether oxygens (including phenoxy) is 2. The maximum absolute atomic E-state index is 12.6. The van der Waals surface area contributed by atoms with E-state index in [0.29, 0.717) is 45.6 Å². The average molecular weight is 827 g/mol. The van der Waals surface area contributed by atoms with E-state index in [-0.39, 0.29) is 16.1 Å². The first kappa shape index (κ1) is 46.4. The number of hydrogen-bond acceptors (Lipinski definition) is 7. The van der Waals surface area contributed by atoms with Crippen molar-refractivity contribution in [1.82, 2.24) is 4.58 Å². The number of ketones is 1. The van der Waals surface area contributed by atoms with E-state index in [4.69, 9.17) is 25.5 Å². The molecule has 0 saturated carbocycles. The largest absolute Gasteiger partial charge is 0.460 e. The number of allylic oxidation sites excluding steroid dienone is 3. The molecule has 3 aliphatic rings. The second-order valence-corrected chi connectivity index (χ2v) is 18.4. The van der Waals surface area contributed by atoms with E-state index in [9.17, 15) is 17.8 Å². The highest BCUT2D eigenvalue weighted by molar-refractivity contribution is 7.85. The molecule has 0 fully saturated rings. The van der Waals surface area contributed by atoms with Gasteiger partial charge in [0.15, 0.2) is 0 Å². The first-order chi connectivity index (χ1) is 27.1. The number of alkyl halides is 1. The molecule has 11 heteroatoms. The van der Waals surface area contributed by atoms with Crippen LogP contribution in [0.3, 0.4) is 0 Å². The molecular formula is C46H66ClN2O7S+. The van der Waals surface area contributed by atoms with Gasteiger partial charge in [-0.3, -0.25) is 9.35 Å². The number of halogens is 1. The fraction of sp³-hybridized carbons (Fsp3) is 0.565. The second-order valence-electron chi connectivity index (χ2n) is 16.6. The summed E-state index contributed by atoms with van der Waals surface area (Å²) in [7, 11) is -2.31. The molecule has 1 aromatic rings. The molecule has 0 spiro atoms. The predicted molar refractivity (Wildman–Crippen MR) is 233 cm³/mol. The van der Waals surface area contributed by atoms with Crippen LogP contribution in [0.2, 0.25) is 0 Å². The van der Waals surface area contributed by atoms with Crippen LogP contribution in [-0.2, 0) is 35.2 Å². The lowest BCUT2D eigenvalue weighted by Crippen LogP contribution is -2.27. The van der Waals surface area contributed by atoms with Crippen LogP contribution in [0.25, 0.3) is 17.4 Å². The van der Waals surface area contributed by atoms with Gasteiger partial charge in [0.1, 0.15) is 30.9 Å². The van der Waals surface area contributed by atoms with Crippen molar-refractivity contribution in [2.75, 3.05) is 57.3 Å². The van der Waals surface area contributed by atoms with Gasteiger partial charge in [-0.2, -0.15) is 8.42 Å². The molecule has 0 amide bonds. The van der Waals surface area contributed by atoms with Crippen molar-refractivity contribution in [3.05, 3.63) is 82.6 Å². The Morgan fingerprint density at radius 3 is 2.28 bits per heavy atom. The highest BCUT2D eigenvalue weighted by Gasteiger charge is 2.40. The quantitative estimate of drug-likeness (QED) is 0.0436. The summed E-state index contributed by atoms with van der Waals surface area (Å²) >= 11 is 5.71. The minimum atomic E-state index is -4.37. The molecule has 57 heavy (non-hydrogen) atoms. The van der Waals surface area contributed by atoms with Crippen LogP contribution >= 0.6 is 11.6 Å². The van der Waals surface area contributed by atoms with Crippen molar-refractivity contribution in [3.63, 3.8) is 0 Å². The Labute approximate surface area is 346 Å². The van der Waals surface area contributed by atoms with Gasteiger partial charge in [0.05, 0.1) is 24.2 Å². The minimum Gasteiger partial charge on any atom is -0.460 e. The zero-order valence-corrected chi connectivity index (χ0v) is 36.9. The first-order valence-electron chi connectivity index (χ1n) is 20.7. The van der Waals surface area contributed by atoms with Crippen LogP contribution in [0, 0.1) is 0 Å². The van der Waals surface area contributed by atoms with E-state index in [2.05, 4.69) is 101 Å². The van der Waals surface area contributed by atoms with Crippen molar-refractivity contribution >= 4 is 39.3 Å². The number of unbranched alkanes of at least 4 members (excludes halogenated alkanes) is 5. The summed E-state index contributed by atoms with van der Waals surface area (Å²) in [4.78, 5) is 14.8.